The molecule has 2 aromatic rings. The van der Waals surface area contributed by atoms with E-state index in [2.05, 4.69) is 20.9 Å². The predicted octanol–water partition coefficient (Wildman–Crippen LogP) is 2.90. The number of guanidine groups is 1. The zero-order chi connectivity index (χ0) is 22.0. The Bertz CT molecular complexity index is 869. The standard InChI is InChI=1S/C21H25F3N4O2/c1-25-19(29)16-8-5-6-15(12-16)10-11-27-20(26-2)28-13-17-7-3-4-9-18(17)30-14-21(22,23)24/h3-9,12H,10-11,13-14H2,1-2H3,(H,25,29)(H2,26,27,28). The summed E-state index contributed by atoms with van der Waals surface area (Å²) < 4.78 is 42.1. The molecule has 0 saturated carbocycles. The maximum absolute atomic E-state index is 12.4. The van der Waals surface area contributed by atoms with Crippen molar-refractivity contribution in [1.29, 1.82) is 0 Å². The van der Waals surface area contributed by atoms with Crippen LogP contribution in [0.4, 0.5) is 13.2 Å². The van der Waals surface area contributed by atoms with E-state index in [0.717, 1.165) is 5.56 Å². The number of nitrogens with zero attached hydrogens (tertiary/aromatic N) is 1. The third-order valence-electron chi connectivity index (χ3n) is 4.16. The van der Waals surface area contributed by atoms with Crippen molar-refractivity contribution < 1.29 is 22.7 Å². The number of halogens is 3. The quantitative estimate of drug-likeness (QED) is 0.452. The second kappa shape index (κ2) is 11.1. The average Bonchev–Trinajstić information content (AvgIpc) is 2.74. The number of para-hydroxylation sites is 1. The lowest BCUT2D eigenvalue weighted by Gasteiger charge is -2.15. The van der Waals surface area contributed by atoms with Gasteiger partial charge in [-0.25, -0.2) is 0 Å². The Balaban J connectivity index is 1.87. The number of hydrogen-bond acceptors (Lipinski definition) is 3. The second-order valence-corrected chi connectivity index (χ2v) is 6.39. The minimum atomic E-state index is -4.40. The molecule has 0 atom stereocenters. The summed E-state index contributed by atoms with van der Waals surface area (Å²) in [5, 5.41) is 8.80. The Hall–Kier alpha value is -3.23. The van der Waals surface area contributed by atoms with E-state index < -0.39 is 12.8 Å². The van der Waals surface area contributed by atoms with E-state index in [0.29, 0.717) is 30.1 Å². The van der Waals surface area contributed by atoms with Crippen molar-refractivity contribution in [3.63, 3.8) is 0 Å². The minimum absolute atomic E-state index is 0.145. The normalized spacial score (nSPS) is 11.7. The first-order valence-corrected chi connectivity index (χ1v) is 9.35. The van der Waals surface area contributed by atoms with Crippen LogP contribution < -0.4 is 20.7 Å². The van der Waals surface area contributed by atoms with E-state index >= 15 is 0 Å². The van der Waals surface area contributed by atoms with Gasteiger partial charge in [0.25, 0.3) is 5.91 Å². The zero-order valence-electron chi connectivity index (χ0n) is 16.8. The molecule has 0 aliphatic carbocycles. The highest BCUT2D eigenvalue weighted by Crippen LogP contribution is 2.22. The van der Waals surface area contributed by atoms with Gasteiger partial charge in [0.2, 0.25) is 0 Å². The van der Waals surface area contributed by atoms with Crippen LogP contribution in [0.1, 0.15) is 21.5 Å². The van der Waals surface area contributed by atoms with E-state index in [4.69, 9.17) is 4.74 Å². The zero-order valence-corrected chi connectivity index (χ0v) is 16.8. The number of benzene rings is 2. The van der Waals surface area contributed by atoms with E-state index in [1.807, 2.05) is 18.2 Å². The Labute approximate surface area is 173 Å². The first-order chi connectivity index (χ1) is 14.3. The number of rotatable bonds is 8. The van der Waals surface area contributed by atoms with E-state index in [9.17, 15) is 18.0 Å². The van der Waals surface area contributed by atoms with Gasteiger partial charge in [-0.15, -0.1) is 0 Å². The Kier molecular flexibility index (Phi) is 8.52. The van der Waals surface area contributed by atoms with Crippen LogP contribution in [-0.4, -0.2) is 45.3 Å². The van der Waals surface area contributed by atoms with Crippen LogP contribution in [0.3, 0.4) is 0 Å². The van der Waals surface area contributed by atoms with Crippen molar-refractivity contribution in [2.75, 3.05) is 27.2 Å². The van der Waals surface area contributed by atoms with Gasteiger partial charge in [0, 0.05) is 38.3 Å². The molecule has 0 heterocycles. The van der Waals surface area contributed by atoms with Crippen LogP contribution in [0.5, 0.6) is 5.75 Å². The highest BCUT2D eigenvalue weighted by Gasteiger charge is 2.28. The fraction of sp³-hybridized carbons (Fsp3) is 0.333. The molecule has 0 saturated heterocycles. The summed E-state index contributed by atoms with van der Waals surface area (Å²) in [6.45, 7) is -0.533. The fourth-order valence-electron chi connectivity index (χ4n) is 2.69. The molecule has 0 aliphatic heterocycles. The summed E-state index contributed by atoms with van der Waals surface area (Å²) in [5.41, 5.74) is 2.17. The summed E-state index contributed by atoms with van der Waals surface area (Å²) in [4.78, 5) is 15.8. The smallest absolute Gasteiger partial charge is 0.422 e. The Morgan fingerprint density at radius 3 is 2.57 bits per heavy atom. The summed E-state index contributed by atoms with van der Waals surface area (Å²) in [6, 6.07) is 13.9. The number of amides is 1. The topological polar surface area (TPSA) is 74.8 Å². The molecule has 0 aliphatic rings. The molecule has 0 bridgehead atoms. The van der Waals surface area contributed by atoms with Crippen molar-refractivity contribution in [1.82, 2.24) is 16.0 Å². The highest BCUT2D eigenvalue weighted by molar-refractivity contribution is 5.94. The molecule has 2 rings (SSSR count). The number of alkyl halides is 3. The van der Waals surface area contributed by atoms with Gasteiger partial charge in [0.15, 0.2) is 12.6 Å². The molecule has 0 radical (unpaired) electrons. The number of aliphatic imine (C=N–C) groups is 1. The lowest BCUT2D eigenvalue weighted by molar-refractivity contribution is -0.153. The maximum Gasteiger partial charge on any atom is 0.422 e. The lowest BCUT2D eigenvalue weighted by atomic mass is 10.1. The van der Waals surface area contributed by atoms with Crippen molar-refractivity contribution in [2.45, 2.75) is 19.1 Å². The van der Waals surface area contributed by atoms with E-state index in [1.165, 1.54) is 6.07 Å². The molecule has 9 heteroatoms. The second-order valence-electron chi connectivity index (χ2n) is 6.39. The molecule has 0 unspecified atom stereocenters. The number of nitrogens with one attached hydrogen (secondary N) is 3. The molecular weight excluding hydrogens is 397 g/mol. The van der Waals surface area contributed by atoms with Gasteiger partial charge in [0.1, 0.15) is 5.75 Å². The summed E-state index contributed by atoms with van der Waals surface area (Å²) in [7, 11) is 3.19. The van der Waals surface area contributed by atoms with Gasteiger partial charge < -0.3 is 20.7 Å². The van der Waals surface area contributed by atoms with Crippen LogP contribution in [0.25, 0.3) is 0 Å². The number of hydrogen-bond donors (Lipinski definition) is 3. The highest BCUT2D eigenvalue weighted by atomic mass is 19.4. The molecule has 0 spiro atoms. The van der Waals surface area contributed by atoms with Gasteiger partial charge in [-0.3, -0.25) is 9.79 Å². The predicted molar refractivity (Wildman–Crippen MR) is 110 cm³/mol. The van der Waals surface area contributed by atoms with Crippen LogP contribution in [0.15, 0.2) is 53.5 Å². The molecule has 30 heavy (non-hydrogen) atoms. The van der Waals surface area contributed by atoms with Gasteiger partial charge >= 0.3 is 6.18 Å². The summed E-state index contributed by atoms with van der Waals surface area (Å²) >= 11 is 0. The van der Waals surface area contributed by atoms with Crippen LogP contribution in [0, 0.1) is 0 Å². The Morgan fingerprint density at radius 2 is 1.87 bits per heavy atom. The van der Waals surface area contributed by atoms with Gasteiger partial charge in [-0.05, 0) is 30.2 Å². The van der Waals surface area contributed by atoms with Crippen LogP contribution in [-0.2, 0) is 13.0 Å². The fourth-order valence-corrected chi connectivity index (χ4v) is 2.69. The SMILES string of the molecule is CN=C(NCCc1cccc(C(=O)NC)c1)NCc1ccccc1OCC(F)(F)F. The first-order valence-electron chi connectivity index (χ1n) is 9.35. The largest absolute Gasteiger partial charge is 0.484 e. The monoisotopic (exact) mass is 422 g/mol. The molecule has 6 nitrogen and oxygen atoms in total. The van der Waals surface area contributed by atoms with Gasteiger partial charge in [-0.1, -0.05) is 30.3 Å². The Morgan fingerprint density at radius 1 is 1.10 bits per heavy atom. The van der Waals surface area contributed by atoms with Crippen LogP contribution >= 0.6 is 0 Å². The average molecular weight is 422 g/mol. The minimum Gasteiger partial charge on any atom is -0.484 e. The van der Waals surface area contributed by atoms with Gasteiger partial charge in [0.05, 0.1) is 0 Å². The van der Waals surface area contributed by atoms with Crippen molar-refractivity contribution >= 4 is 11.9 Å². The van der Waals surface area contributed by atoms with Gasteiger partial charge in [-0.2, -0.15) is 13.2 Å². The van der Waals surface area contributed by atoms with Crippen LogP contribution in [0.2, 0.25) is 0 Å². The van der Waals surface area contributed by atoms with Crippen molar-refractivity contribution in [3.8, 4) is 5.75 Å². The first kappa shape index (κ1) is 23.1. The lowest BCUT2D eigenvalue weighted by Crippen LogP contribution is -2.38. The number of carbonyl (C=O) groups is 1. The molecule has 0 aromatic heterocycles. The molecule has 1 amide bonds. The van der Waals surface area contributed by atoms with Crippen molar-refractivity contribution in [2.24, 2.45) is 4.99 Å². The molecule has 0 fully saturated rings. The maximum atomic E-state index is 12.4. The summed E-state index contributed by atoms with van der Waals surface area (Å²) in [6.07, 6.45) is -3.73. The molecular formula is C21H25F3N4O2. The number of carbonyl (C=O) groups excluding carboxylic acids is 1. The third kappa shape index (κ3) is 7.65. The molecule has 2 aromatic carbocycles. The van der Waals surface area contributed by atoms with E-state index in [-0.39, 0.29) is 18.2 Å². The summed E-state index contributed by atoms with van der Waals surface area (Å²) in [5.74, 6) is 0.528. The third-order valence-corrected chi connectivity index (χ3v) is 4.16. The molecule has 3 N–H and O–H groups in total. The van der Waals surface area contributed by atoms with Crippen molar-refractivity contribution in [3.05, 3.63) is 65.2 Å². The number of ether oxygens (including phenoxy) is 1. The molecule has 162 valence electrons. The van der Waals surface area contributed by atoms with E-state index in [1.54, 1.807) is 38.4 Å².